The van der Waals surface area contributed by atoms with Gasteiger partial charge in [-0.25, -0.2) is 0 Å². The van der Waals surface area contributed by atoms with Gasteiger partial charge in [0.1, 0.15) is 0 Å². The number of anilines is 1. The fraction of sp³-hybridized carbons (Fsp3) is 0.250. The molecule has 0 fully saturated rings. The highest BCUT2D eigenvalue weighted by Gasteiger charge is 2.18. The molecule has 0 saturated carbocycles. The van der Waals surface area contributed by atoms with E-state index in [9.17, 15) is 4.79 Å². The van der Waals surface area contributed by atoms with Crippen LogP contribution in [0.2, 0.25) is 0 Å². The van der Waals surface area contributed by atoms with Crippen LogP contribution >= 0.6 is 0 Å². The molecule has 5 heteroatoms. The molecule has 0 aliphatic rings. The third kappa shape index (κ3) is 3.45. The maximum absolute atomic E-state index is 13.0. The lowest BCUT2D eigenvalue weighted by atomic mass is 10.1. The molecule has 1 amide bonds. The molecular formula is C20H21N3O2. The van der Waals surface area contributed by atoms with E-state index in [0.29, 0.717) is 23.8 Å². The molecule has 0 saturated heterocycles. The summed E-state index contributed by atoms with van der Waals surface area (Å²) in [6, 6.07) is 13.4. The second kappa shape index (κ2) is 6.89. The molecule has 3 aromatic rings. The molecule has 0 aliphatic carbocycles. The first-order valence-corrected chi connectivity index (χ1v) is 8.29. The van der Waals surface area contributed by atoms with Gasteiger partial charge in [-0.2, -0.15) is 4.98 Å². The van der Waals surface area contributed by atoms with Crippen molar-refractivity contribution in [3.63, 3.8) is 0 Å². The minimum atomic E-state index is -0.0236. The van der Waals surface area contributed by atoms with Gasteiger partial charge in [-0.3, -0.25) is 4.79 Å². The SMILES string of the molecule is CCN(C(=O)c1ccc(-c2nc(C)no2)cc1)c1cc(C)ccc1C. The lowest BCUT2D eigenvalue weighted by Gasteiger charge is -2.23. The number of benzene rings is 2. The predicted octanol–water partition coefficient (Wildman–Crippen LogP) is 4.33. The Morgan fingerprint density at radius 3 is 2.40 bits per heavy atom. The summed E-state index contributed by atoms with van der Waals surface area (Å²) in [7, 11) is 0. The third-order valence-electron chi connectivity index (χ3n) is 4.12. The van der Waals surface area contributed by atoms with Crippen LogP contribution in [0, 0.1) is 20.8 Å². The second-order valence-corrected chi connectivity index (χ2v) is 6.06. The lowest BCUT2D eigenvalue weighted by Crippen LogP contribution is -2.31. The van der Waals surface area contributed by atoms with Crippen molar-refractivity contribution in [2.75, 3.05) is 11.4 Å². The summed E-state index contributed by atoms with van der Waals surface area (Å²) in [5, 5.41) is 3.79. The average Bonchev–Trinajstić information content (AvgIpc) is 3.05. The number of hydrogen-bond donors (Lipinski definition) is 0. The Morgan fingerprint density at radius 2 is 1.80 bits per heavy atom. The first kappa shape index (κ1) is 16.9. The van der Waals surface area contributed by atoms with E-state index in [2.05, 4.69) is 16.2 Å². The third-order valence-corrected chi connectivity index (χ3v) is 4.12. The minimum absolute atomic E-state index is 0.0236. The summed E-state index contributed by atoms with van der Waals surface area (Å²) >= 11 is 0. The summed E-state index contributed by atoms with van der Waals surface area (Å²) < 4.78 is 5.16. The summed E-state index contributed by atoms with van der Waals surface area (Å²) in [5.74, 6) is 1.02. The van der Waals surface area contributed by atoms with Gasteiger partial charge in [-0.05, 0) is 69.2 Å². The number of aryl methyl sites for hydroxylation is 3. The normalized spacial score (nSPS) is 10.7. The fourth-order valence-corrected chi connectivity index (χ4v) is 2.76. The van der Waals surface area contributed by atoms with E-state index in [1.807, 2.05) is 45.0 Å². The van der Waals surface area contributed by atoms with Gasteiger partial charge in [0.05, 0.1) is 0 Å². The Labute approximate surface area is 147 Å². The number of amides is 1. The zero-order chi connectivity index (χ0) is 18.0. The number of carbonyl (C=O) groups excluding carboxylic acids is 1. The number of hydrogen-bond acceptors (Lipinski definition) is 4. The average molecular weight is 335 g/mol. The van der Waals surface area contributed by atoms with Gasteiger partial charge >= 0.3 is 0 Å². The van der Waals surface area contributed by atoms with Crippen molar-refractivity contribution in [2.45, 2.75) is 27.7 Å². The first-order chi connectivity index (χ1) is 12.0. The summed E-state index contributed by atoms with van der Waals surface area (Å²) in [6.45, 7) is 8.41. The Kier molecular flexibility index (Phi) is 4.65. The van der Waals surface area contributed by atoms with Crippen LogP contribution in [0.25, 0.3) is 11.5 Å². The zero-order valence-electron chi connectivity index (χ0n) is 14.9. The number of carbonyl (C=O) groups is 1. The van der Waals surface area contributed by atoms with Gasteiger partial charge in [0.25, 0.3) is 11.8 Å². The Bertz CT molecular complexity index is 898. The van der Waals surface area contributed by atoms with Crippen LogP contribution in [-0.2, 0) is 0 Å². The fourth-order valence-electron chi connectivity index (χ4n) is 2.76. The highest BCUT2D eigenvalue weighted by molar-refractivity contribution is 6.06. The topological polar surface area (TPSA) is 59.2 Å². The van der Waals surface area contributed by atoms with Gasteiger partial charge in [0, 0.05) is 23.4 Å². The largest absolute Gasteiger partial charge is 0.334 e. The molecule has 0 unspecified atom stereocenters. The monoisotopic (exact) mass is 335 g/mol. The number of nitrogens with zero attached hydrogens (tertiary/aromatic N) is 3. The van der Waals surface area contributed by atoms with Gasteiger partial charge in [0.15, 0.2) is 5.82 Å². The molecule has 0 aliphatic heterocycles. The van der Waals surface area contributed by atoms with Crippen LogP contribution in [-0.4, -0.2) is 22.6 Å². The van der Waals surface area contributed by atoms with Gasteiger partial charge in [-0.15, -0.1) is 0 Å². The molecule has 25 heavy (non-hydrogen) atoms. The number of rotatable bonds is 4. The van der Waals surface area contributed by atoms with E-state index in [1.54, 1.807) is 24.0 Å². The quantitative estimate of drug-likeness (QED) is 0.712. The maximum Gasteiger partial charge on any atom is 0.258 e. The molecule has 5 nitrogen and oxygen atoms in total. The van der Waals surface area contributed by atoms with Crippen molar-refractivity contribution in [3.05, 3.63) is 65.0 Å². The van der Waals surface area contributed by atoms with E-state index in [-0.39, 0.29) is 5.91 Å². The van der Waals surface area contributed by atoms with Crippen LogP contribution in [0.15, 0.2) is 47.0 Å². The summed E-state index contributed by atoms with van der Waals surface area (Å²) in [4.78, 5) is 19.0. The molecule has 3 rings (SSSR count). The first-order valence-electron chi connectivity index (χ1n) is 8.29. The highest BCUT2D eigenvalue weighted by atomic mass is 16.5. The van der Waals surface area contributed by atoms with E-state index < -0.39 is 0 Å². The molecule has 0 radical (unpaired) electrons. The van der Waals surface area contributed by atoms with Crippen molar-refractivity contribution < 1.29 is 9.32 Å². The molecular weight excluding hydrogens is 314 g/mol. The predicted molar refractivity (Wildman–Crippen MR) is 97.7 cm³/mol. The minimum Gasteiger partial charge on any atom is -0.334 e. The second-order valence-electron chi connectivity index (χ2n) is 6.06. The molecule has 0 spiro atoms. The highest BCUT2D eigenvalue weighted by Crippen LogP contribution is 2.24. The van der Waals surface area contributed by atoms with Crippen LogP contribution in [0.3, 0.4) is 0 Å². The molecule has 0 N–H and O–H groups in total. The van der Waals surface area contributed by atoms with Crippen LogP contribution in [0.5, 0.6) is 0 Å². The number of aromatic nitrogens is 2. The lowest BCUT2D eigenvalue weighted by molar-refractivity contribution is 0.0988. The Morgan fingerprint density at radius 1 is 1.08 bits per heavy atom. The van der Waals surface area contributed by atoms with Crippen molar-refractivity contribution in [3.8, 4) is 11.5 Å². The van der Waals surface area contributed by atoms with Gasteiger partial charge < -0.3 is 9.42 Å². The molecule has 0 atom stereocenters. The summed E-state index contributed by atoms with van der Waals surface area (Å²) in [5.41, 5.74) is 4.59. The Hall–Kier alpha value is -2.95. The van der Waals surface area contributed by atoms with Crippen molar-refractivity contribution in [1.29, 1.82) is 0 Å². The molecule has 2 aromatic carbocycles. The standard InChI is InChI=1S/C20H21N3O2/c1-5-23(18-12-13(2)6-7-14(18)3)20(24)17-10-8-16(9-11-17)19-21-15(4)22-25-19/h6-12H,5H2,1-4H3. The van der Waals surface area contributed by atoms with Crippen LogP contribution < -0.4 is 4.90 Å². The maximum atomic E-state index is 13.0. The molecule has 1 aromatic heterocycles. The van der Waals surface area contributed by atoms with Crippen molar-refractivity contribution >= 4 is 11.6 Å². The van der Waals surface area contributed by atoms with Crippen LogP contribution in [0.1, 0.15) is 34.2 Å². The van der Waals surface area contributed by atoms with Crippen molar-refractivity contribution in [2.24, 2.45) is 0 Å². The van der Waals surface area contributed by atoms with Crippen molar-refractivity contribution in [1.82, 2.24) is 10.1 Å². The van der Waals surface area contributed by atoms with E-state index in [4.69, 9.17) is 4.52 Å². The van der Waals surface area contributed by atoms with Gasteiger partial charge in [0.2, 0.25) is 0 Å². The van der Waals surface area contributed by atoms with E-state index in [0.717, 1.165) is 22.4 Å². The Balaban J connectivity index is 1.89. The molecule has 0 bridgehead atoms. The zero-order valence-corrected chi connectivity index (χ0v) is 14.9. The van der Waals surface area contributed by atoms with Gasteiger partial charge in [-0.1, -0.05) is 17.3 Å². The van der Waals surface area contributed by atoms with Crippen LogP contribution in [0.4, 0.5) is 5.69 Å². The van der Waals surface area contributed by atoms with E-state index in [1.165, 1.54) is 0 Å². The molecule has 128 valence electrons. The van der Waals surface area contributed by atoms with E-state index >= 15 is 0 Å². The molecule has 1 heterocycles. The smallest absolute Gasteiger partial charge is 0.258 e. The summed E-state index contributed by atoms with van der Waals surface area (Å²) in [6.07, 6.45) is 0.